The number of halogens is 1. The molecule has 0 aromatic carbocycles. The Morgan fingerprint density at radius 1 is 1.25 bits per heavy atom. The van der Waals surface area contributed by atoms with Gasteiger partial charge in [0.1, 0.15) is 0 Å². The van der Waals surface area contributed by atoms with Gasteiger partial charge in [0.25, 0.3) is 0 Å². The Morgan fingerprint density at radius 3 is 2.38 bits per heavy atom. The summed E-state index contributed by atoms with van der Waals surface area (Å²) in [5.74, 6) is 0. The average Bonchev–Trinajstić information content (AvgIpc) is 2.82. The molecule has 2 rings (SSSR count). The molecule has 0 bridgehead atoms. The van der Waals surface area contributed by atoms with E-state index < -0.39 is 0 Å². The zero-order chi connectivity index (χ0) is 10.9. The molecule has 3 nitrogen and oxygen atoms in total. The summed E-state index contributed by atoms with van der Waals surface area (Å²) in [6.07, 6.45) is 3.70. The van der Waals surface area contributed by atoms with E-state index in [0.717, 1.165) is 26.2 Å². The SMILES string of the molecule is CN(CC1(C)CCNC1)CC1(CO)CC1.Cl. The maximum Gasteiger partial charge on any atom is 0.0499 e. The molecular weight excluding hydrogens is 224 g/mol. The predicted octanol–water partition coefficient (Wildman–Crippen LogP) is 1.11. The van der Waals surface area contributed by atoms with Crippen molar-refractivity contribution in [1.29, 1.82) is 0 Å². The molecule has 1 aliphatic carbocycles. The van der Waals surface area contributed by atoms with Gasteiger partial charge in [0, 0.05) is 31.7 Å². The summed E-state index contributed by atoms with van der Waals surface area (Å²) in [5, 5.41) is 12.7. The minimum atomic E-state index is 0. The average molecular weight is 249 g/mol. The molecule has 0 amide bonds. The molecule has 1 unspecified atom stereocenters. The van der Waals surface area contributed by atoms with Crippen LogP contribution in [0.5, 0.6) is 0 Å². The molecule has 1 saturated carbocycles. The van der Waals surface area contributed by atoms with Gasteiger partial charge >= 0.3 is 0 Å². The van der Waals surface area contributed by atoms with Gasteiger partial charge in [-0.25, -0.2) is 0 Å². The molecule has 0 aromatic heterocycles. The lowest BCUT2D eigenvalue weighted by Gasteiger charge is -2.31. The Labute approximate surface area is 105 Å². The Balaban J connectivity index is 0.00000128. The van der Waals surface area contributed by atoms with Crippen LogP contribution >= 0.6 is 12.4 Å². The van der Waals surface area contributed by atoms with Crippen molar-refractivity contribution in [3.8, 4) is 0 Å². The maximum atomic E-state index is 9.29. The monoisotopic (exact) mass is 248 g/mol. The first-order chi connectivity index (χ1) is 7.08. The zero-order valence-electron chi connectivity index (χ0n) is 10.5. The first kappa shape index (κ1) is 14.2. The summed E-state index contributed by atoms with van der Waals surface area (Å²) in [7, 11) is 2.19. The highest BCUT2D eigenvalue weighted by Crippen LogP contribution is 2.45. The van der Waals surface area contributed by atoms with Crippen molar-refractivity contribution in [3.63, 3.8) is 0 Å². The van der Waals surface area contributed by atoms with Gasteiger partial charge in [0.05, 0.1) is 0 Å². The van der Waals surface area contributed by atoms with Gasteiger partial charge in [-0.3, -0.25) is 0 Å². The summed E-state index contributed by atoms with van der Waals surface area (Å²) in [4.78, 5) is 2.41. The molecule has 0 spiro atoms. The van der Waals surface area contributed by atoms with Gasteiger partial charge < -0.3 is 15.3 Å². The van der Waals surface area contributed by atoms with E-state index in [0.29, 0.717) is 12.0 Å². The maximum absolute atomic E-state index is 9.29. The van der Waals surface area contributed by atoms with Gasteiger partial charge in [0.15, 0.2) is 0 Å². The summed E-state index contributed by atoms with van der Waals surface area (Å²) < 4.78 is 0. The van der Waals surface area contributed by atoms with Crippen LogP contribution in [0.15, 0.2) is 0 Å². The number of nitrogens with zero attached hydrogens (tertiary/aromatic N) is 1. The molecular formula is C12H25ClN2O. The van der Waals surface area contributed by atoms with Gasteiger partial charge in [-0.2, -0.15) is 0 Å². The molecule has 1 heterocycles. The number of aliphatic hydroxyl groups excluding tert-OH is 1. The van der Waals surface area contributed by atoms with E-state index in [-0.39, 0.29) is 17.8 Å². The highest BCUT2D eigenvalue weighted by atomic mass is 35.5. The molecule has 16 heavy (non-hydrogen) atoms. The summed E-state index contributed by atoms with van der Waals surface area (Å²) in [5.41, 5.74) is 0.706. The smallest absolute Gasteiger partial charge is 0.0499 e. The third-order valence-corrected chi connectivity index (χ3v) is 4.01. The predicted molar refractivity (Wildman–Crippen MR) is 69.1 cm³/mol. The Kier molecular flexibility index (Phi) is 4.64. The standard InChI is InChI=1S/C12H24N2O.ClH/c1-11(5-6-13-7-11)8-14(2)9-12(10-15)3-4-12;/h13,15H,3-10H2,1-2H3;1H. The molecule has 96 valence electrons. The third-order valence-electron chi connectivity index (χ3n) is 4.01. The van der Waals surface area contributed by atoms with E-state index in [2.05, 4.69) is 24.2 Å². The number of nitrogens with one attached hydrogen (secondary N) is 1. The summed E-state index contributed by atoms with van der Waals surface area (Å²) >= 11 is 0. The Morgan fingerprint density at radius 2 is 1.94 bits per heavy atom. The molecule has 4 heteroatoms. The quantitative estimate of drug-likeness (QED) is 0.765. The third kappa shape index (κ3) is 3.33. The highest BCUT2D eigenvalue weighted by Gasteiger charge is 2.43. The van der Waals surface area contributed by atoms with Crippen LogP contribution in [0.3, 0.4) is 0 Å². The second-order valence-corrected chi connectivity index (χ2v) is 6.07. The topological polar surface area (TPSA) is 35.5 Å². The van der Waals surface area contributed by atoms with E-state index in [1.165, 1.54) is 19.3 Å². The van der Waals surface area contributed by atoms with Crippen molar-refractivity contribution < 1.29 is 5.11 Å². The van der Waals surface area contributed by atoms with E-state index >= 15 is 0 Å². The summed E-state index contributed by atoms with van der Waals surface area (Å²) in [6.45, 7) is 7.26. The van der Waals surface area contributed by atoms with Crippen LogP contribution in [0.25, 0.3) is 0 Å². The van der Waals surface area contributed by atoms with Crippen molar-refractivity contribution in [3.05, 3.63) is 0 Å². The van der Waals surface area contributed by atoms with Gasteiger partial charge in [-0.1, -0.05) is 6.92 Å². The number of aliphatic hydroxyl groups is 1. The fourth-order valence-corrected chi connectivity index (χ4v) is 2.83. The van der Waals surface area contributed by atoms with Crippen LogP contribution in [0.4, 0.5) is 0 Å². The molecule has 0 radical (unpaired) electrons. The lowest BCUT2D eigenvalue weighted by molar-refractivity contribution is 0.134. The molecule has 0 aromatic rings. The van der Waals surface area contributed by atoms with Crippen molar-refractivity contribution in [2.24, 2.45) is 10.8 Å². The summed E-state index contributed by atoms with van der Waals surface area (Å²) in [6, 6.07) is 0. The largest absolute Gasteiger partial charge is 0.396 e. The molecule has 1 aliphatic heterocycles. The molecule has 2 fully saturated rings. The first-order valence-electron chi connectivity index (χ1n) is 6.08. The highest BCUT2D eigenvalue weighted by molar-refractivity contribution is 5.85. The number of hydrogen-bond donors (Lipinski definition) is 2. The van der Waals surface area contributed by atoms with Gasteiger partial charge in [0.2, 0.25) is 0 Å². The Bertz CT molecular complexity index is 225. The van der Waals surface area contributed by atoms with E-state index in [1.807, 2.05) is 0 Å². The second kappa shape index (κ2) is 5.21. The van der Waals surface area contributed by atoms with Crippen LogP contribution in [0.2, 0.25) is 0 Å². The molecule has 2 N–H and O–H groups in total. The van der Waals surface area contributed by atoms with Crippen LogP contribution in [0.1, 0.15) is 26.2 Å². The zero-order valence-corrected chi connectivity index (χ0v) is 11.3. The second-order valence-electron chi connectivity index (χ2n) is 6.07. The molecule has 1 atom stereocenters. The van der Waals surface area contributed by atoms with Crippen molar-refractivity contribution in [1.82, 2.24) is 10.2 Å². The number of rotatable bonds is 5. The van der Waals surface area contributed by atoms with Crippen molar-refractivity contribution in [2.75, 3.05) is 39.8 Å². The lowest BCUT2D eigenvalue weighted by atomic mass is 9.89. The van der Waals surface area contributed by atoms with E-state index in [4.69, 9.17) is 0 Å². The van der Waals surface area contributed by atoms with E-state index in [9.17, 15) is 5.11 Å². The fraction of sp³-hybridized carbons (Fsp3) is 1.00. The van der Waals surface area contributed by atoms with Crippen molar-refractivity contribution >= 4 is 12.4 Å². The van der Waals surface area contributed by atoms with Crippen LogP contribution in [-0.4, -0.2) is 49.8 Å². The Hall–Kier alpha value is 0.170. The molecule has 1 saturated heterocycles. The molecule has 2 aliphatic rings. The van der Waals surface area contributed by atoms with Crippen molar-refractivity contribution in [2.45, 2.75) is 26.2 Å². The lowest BCUT2D eigenvalue weighted by Crippen LogP contribution is -2.38. The fourth-order valence-electron chi connectivity index (χ4n) is 2.83. The van der Waals surface area contributed by atoms with Crippen LogP contribution in [-0.2, 0) is 0 Å². The normalized spacial score (nSPS) is 31.5. The van der Waals surface area contributed by atoms with Crippen LogP contribution in [0, 0.1) is 10.8 Å². The number of hydrogen-bond acceptors (Lipinski definition) is 3. The minimum absolute atomic E-state index is 0. The van der Waals surface area contributed by atoms with E-state index in [1.54, 1.807) is 0 Å². The van der Waals surface area contributed by atoms with Crippen LogP contribution < -0.4 is 5.32 Å². The minimum Gasteiger partial charge on any atom is -0.396 e. The van der Waals surface area contributed by atoms with Gasteiger partial charge in [-0.15, -0.1) is 12.4 Å². The first-order valence-corrected chi connectivity index (χ1v) is 6.08. The van der Waals surface area contributed by atoms with Gasteiger partial charge in [-0.05, 0) is 38.3 Å².